The summed E-state index contributed by atoms with van der Waals surface area (Å²) in [7, 11) is -2.03. The molecule has 142 valence electrons. The highest BCUT2D eigenvalue weighted by Crippen LogP contribution is 2.39. The number of nitrogens with one attached hydrogen (secondary N) is 1. The summed E-state index contributed by atoms with van der Waals surface area (Å²) in [4.78, 5) is -0.0408. The van der Waals surface area contributed by atoms with Gasteiger partial charge in [-0.1, -0.05) is 36.4 Å². The number of nitrogens with zero attached hydrogens (tertiary/aromatic N) is 1. The monoisotopic (exact) mass is 406 g/mol. The van der Waals surface area contributed by atoms with Gasteiger partial charge >= 0.3 is 0 Å². The lowest BCUT2D eigenvalue weighted by Gasteiger charge is -2.14. The van der Waals surface area contributed by atoms with Crippen molar-refractivity contribution >= 4 is 22.4 Å². The fourth-order valence-electron chi connectivity index (χ4n) is 3.65. The second kappa shape index (κ2) is 7.46. The van der Waals surface area contributed by atoms with Gasteiger partial charge in [0.2, 0.25) is 0 Å². The van der Waals surface area contributed by atoms with E-state index in [-0.39, 0.29) is 23.3 Å². The second-order valence-corrected chi connectivity index (χ2v) is 8.19. The predicted octanol–water partition coefficient (Wildman–Crippen LogP) is 4.16. The van der Waals surface area contributed by atoms with Crippen molar-refractivity contribution in [2.45, 2.75) is 23.8 Å². The van der Waals surface area contributed by atoms with Crippen molar-refractivity contribution in [2.75, 3.05) is 7.05 Å². The van der Waals surface area contributed by atoms with E-state index >= 15 is 0 Å². The van der Waals surface area contributed by atoms with Gasteiger partial charge in [0.25, 0.3) is 10.0 Å². The highest BCUT2D eigenvalue weighted by Gasteiger charge is 2.33. The van der Waals surface area contributed by atoms with E-state index in [2.05, 4.69) is 5.32 Å². The van der Waals surface area contributed by atoms with Crippen molar-refractivity contribution < 1.29 is 12.8 Å². The number of aromatic nitrogens is 1. The molecule has 1 heterocycles. The smallest absolute Gasteiger partial charge is 0.268 e. The molecule has 1 aliphatic carbocycles. The van der Waals surface area contributed by atoms with Crippen LogP contribution < -0.4 is 5.32 Å². The molecule has 0 spiro atoms. The van der Waals surface area contributed by atoms with Crippen LogP contribution in [0.5, 0.6) is 0 Å². The van der Waals surface area contributed by atoms with E-state index in [0.717, 1.165) is 29.3 Å². The minimum atomic E-state index is -3.90. The van der Waals surface area contributed by atoms with Crippen LogP contribution in [0.15, 0.2) is 65.6 Å². The lowest BCUT2D eigenvalue weighted by Crippen LogP contribution is -2.16. The molecule has 0 amide bonds. The van der Waals surface area contributed by atoms with Crippen LogP contribution in [0.2, 0.25) is 0 Å². The first-order chi connectivity index (χ1) is 12.5. The SMILES string of the molecule is CNC1CCc2c1cc(-c1ccccc1)n2S(=O)(=O)c1cccc(F)c1.Cl. The van der Waals surface area contributed by atoms with E-state index in [1.807, 2.05) is 43.4 Å². The van der Waals surface area contributed by atoms with Crippen LogP contribution >= 0.6 is 12.4 Å². The van der Waals surface area contributed by atoms with Gasteiger partial charge in [-0.15, -0.1) is 12.4 Å². The van der Waals surface area contributed by atoms with Gasteiger partial charge in [0.1, 0.15) is 5.82 Å². The van der Waals surface area contributed by atoms with E-state index in [1.54, 1.807) is 0 Å². The molecule has 7 heteroatoms. The molecule has 1 aromatic heterocycles. The third-order valence-electron chi connectivity index (χ3n) is 4.89. The van der Waals surface area contributed by atoms with Crippen molar-refractivity contribution in [3.8, 4) is 11.3 Å². The average molecular weight is 407 g/mol. The minimum Gasteiger partial charge on any atom is -0.313 e. The molecular weight excluding hydrogens is 387 g/mol. The molecule has 0 saturated heterocycles. The normalized spacial score (nSPS) is 16.0. The number of hydrogen-bond donors (Lipinski definition) is 1. The molecule has 0 radical (unpaired) electrons. The molecular formula is C20H20ClFN2O2S. The molecule has 3 aromatic rings. The number of fused-ring (bicyclic) bond motifs is 1. The summed E-state index contributed by atoms with van der Waals surface area (Å²) >= 11 is 0. The zero-order valence-electron chi connectivity index (χ0n) is 14.7. The van der Waals surface area contributed by atoms with Crippen LogP contribution in [-0.2, 0) is 16.4 Å². The zero-order chi connectivity index (χ0) is 18.3. The van der Waals surface area contributed by atoms with Gasteiger partial charge in [0.05, 0.1) is 10.6 Å². The van der Waals surface area contributed by atoms with E-state index in [9.17, 15) is 12.8 Å². The van der Waals surface area contributed by atoms with Crippen molar-refractivity contribution in [3.63, 3.8) is 0 Å². The Morgan fingerprint density at radius 1 is 1.07 bits per heavy atom. The van der Waals surface area contributed by atoms with E-state index in [1.165, 1.54) is 22.2 Å². The summed E-state index contributed by atoms with van der Waals surface area (Å²) in [6.07, 6.45) is 1.50. The maximum absolute atomic E-state index is 13.7. The minimum absolute atomic E-state index is 0. The fourth-order valence-corrected chi connectivity index (χ4v) is 5.28. The van der Waals surface area contributed by atoms with Crippen LogP contribution in [0.1, 0.15) is 23.7 Å². The second-order valence-electron chi connectivity index (χ2n) is 6.40. The predicted molar refractivity (Wildman–Crippen MR) is 106 cm³/mol. The first-order valence-electron chi connectivity index (χ1n) is 8.50. The first kappa shape index (κ1) is 19.6. The molecule has 4 rings (SSSR count). The molecule has 2 aromatic carbocycles. The van der Waals surface area contributed by atoms with Gasteiger partial charge in [0.15, 0.2) is 0 Å². The Labute approximate surface area is 164 Å². The first-order valence-corrected chi connectivity index (χ1v) is 9.94. The number of rotatable bonds is 4. The fraction of sp³-hybridized carbons (Fsp3) is 0.200. The Balaban J connectivity index is 0.00000210. The molecule has 0 fully saturated rings. The Hall–Kier alpha value is -2.15. The van der Waals surface area contributed by atoms with Gasteiger partial charge in [-0.3, -0.25) is 0 Å². The molecule has 4 nitrogen and oxygen atoms in total. The summed E-state index contributed by atoms with van der Waals surface area (Å²) < 4.78 is 41.8. The van der Waals surface area contributed by atoms with Crippen LogP contribution in [0.4, 0.5) is 4.39 Å². The Morgan fingerprint density at radius 3 is 2.48 bits per heavy atom. The zero-order valence-corrected chi connectivity index (χ0v) is 16.4. The topological polar surface area (TPSA) is 51.1 Å². The van der Waals surface area contributed by atoms with Crippen LogP contribution in [-0.4, -0.2) is 19.4 Å². The molecule has 1 N–H and O–H groups in total. The van der Waals surface area contributed by atoms with Gasteiger partial charge in [-0.25, -0.2) is 16.8 Å². The summed E-state index contributed by atoms with van der Waals surface area (Å²) in [5.41, 5.74) is 3.19. The largest absolute Gasteiger partial charge is 0.313 e. The van der Waals surface area contributed by atoms with Crippen molar-refractivity contribution in [3.05, 3.63) is 77.7 Å². The molecule has 27 heavy (non-hydrogen) atoms. The lowest BCUT2D eigenvalue weighted by molar-refractivity contribution is 0.579. The average Bonchev–Trinajstić information content (AvgIpc) is 3.21. The van der Waals surface area contributed by atoms with E-state index in [0.29, 0.717) is 12.1 Å². The maximum Gasteiger partial charge on any atom is 0.268 e. The number of hydrogen-bond acceptors (Lipinski definition) is 3. The third kappa shape index (κ3) is 3.29. The molecule has 0 bridgehead atoms. The quantitative estimate of drug-likeness (QED) is 0.707. The summed E-state index contributed by atoms with van der Waals surface area (Å²) in [6, 6.07) is 16.6. The molecule has 1 aliphatic rings. The standard InChI is InChI=1S/C20H19FN2O2S.ClH/c1-22-18-10-11-19-17(18)13-20(14-6-3-2-4-7-14)23(19)26(24,25)16-9-5-8-15(21)12-16;/h2-9,12-13,18,22H,10-11H2,1H3;1H. The molecule has 1 atom stereocenters. The summed E-state index contributed by atoms with van der Waals surface area (Å²) in [5, 5.41) is 3.24. The Bertz CT molecular complexity index is 1060. The Morgan fingerprint density at radius 2 is 1.81 bits per heavy atom. The molecule has 0 saturated carbocycles. The van der Waals surface area contributed by atoms with E-state index < -0.39 is 15.8 Å². The Kier molecular flexibility index (Phi) is 5.42. The van der Waals surface area contributed by atoms with Crippen molar-refractivity contribution in [1.29, 1.82) is 0 Å². The van der Waals surface area contributed by atoms with E-state index in [4.69, 9.17) is 0 Å². The molecule has 0 aliphatic heterocycles. The molecule has 1 unspecified atom stereocenters. The van der Waals surface area contributed by atoms with Crippen LogP contribution in [0, 0.1) is 5.82 Å². The van der Waals surface area contributed by atoms with Gasteiger partial charge in [0, 0.05) is 11.7 Å². The highest BCUT2D eigenvalue weighted by molar-refractivity contribution is 7.90. The summed E-state index contributed by atoms with van der Waals surface area (Å²) in [6.45, 7) is 0. The number of benzene rings is 2. The summed E-state index contributed by atoms with van der Waals surface area (Å²) in [5.74, 6) is -0.566. The van der Waals surface area contributed by atoms with Crippen molar-refractivity contribution in [2.24, 2.45) is 0 Å². The highest BCUT2D eigenvalue weighted by atomic mass is 35.5. The lowest BCUT2D eigenvalue weighted by atomic mass is 10.1. The number of halogens is 2. The third-order valence-corrected chi connectivity index (χ3v) is 6.63. The van der Waals surface area contributed by atoms with Gasteiger partial charge in [-0.05, 0) is 55.3 Å². The van der Waals surface area contributed by atoms with Gasteiger partial charge in [-0.2, -0.15) is 0 Å². The maximum atomic E-state index is 13.7. The van der Waals surface area contributed by atoms with Crippen molar-refractivity contribution in [1.82, 2.24) is 9.29 Å². The van der Waals surface area contributed by atoms with Crippen LogP contribution in [0.3, 0.4) is 0 Å². The van der Waals surface area contributed by atoms with Crippen LogP contribution in [0.25, 0.3) is 11.3 Å². The van der Waals surface area contributed by atoms with Gasteiger partial charge < -0.3 is 5.32 Å².